The van der Waals surface area contributed by atoms with E-state index >= 15 is 0 Å². The summed E-state index contributed by atoms with van der Waals surface area (Å²) < 4.78 is 0. The average molecular weight is 223 g/mol. The maximum absolute atomic E-state index is 10.9. The standard InChI is InChI=1S/C11H13NO4/c1-3-4-7-5-8(10(13)14)9(11(15)16)6(2)12-7/h5H,3-4H2,1-2H3,(H,13,14)(H,15,16). The molecule has 0 amide bonds. The number of pyridine rings is 1. The van der Waals surface area contributed by atoms with Crippen LogP contribution in [0.15, 0.2) is 6.07 Å². The molecule has 1 heterocycles. The van der Waals surface area contributed by atoms with Crippen LogP contribution in [0.3, 0.4) is 0 Å². The number of aromatic nitrogens is 1. The lowest BCUT2D eigenvalue weighted by molar-refractivity contribution is 0.0650. The molecule has 86 valence electrons. The topological polar surface area (TPSA) is 87.5 Å². The minimum Gasteiger partial charge on any atom is -0.478 e. The van der Waals surface area contributed by atoms with Crippen LogP contribution in [0.1, 0.15) is 45.4 Å². The zero-order valence-electron chi connectivity index (χ0n) is 9.15. The van der Waals surface area contributed by atoms with Crippen LogP contribution in [0.2, 0.25) is 0 Å². The number of nitrogens with zero attached hydrogens (tertiary/aromatic N) is 1. The molecule has 0 aliphatic rings. The van der Waals surface area contributed by atoms with Gasteiger partial charge in [-0.15, -0.1) is 0 Å². The number of hydrogen-bond donors (Lipinski definition) is 2. The zero-order chi connectivity index (χ0) is 12.3. The Labute approximate surface area is 92.8 Å². The Balaban J connectivity index is 3.39. The second-order valence-corrected chi connectivity index (χ2v) is 3.48. The number of aromatic carboxylic acids is 2. The first-order valence-electron chi connectivity index (χ1n) is 4.94. The van der Waals surface area contributed by atoms with Crippen molar-refractivity contribution in [1.29, 1.82) is 0 Å². The number of rotatable bonds is 4. The Kier molecular flexibility index (Phi) is 3.60. The van der Waals surface area contributed by atoms with Gasteiger partial charge in [-0.2, -0.15) is 0 Å². The van der Waals surface area contributed by atoms with Crippen molar-refractivity contribution in [3.8, 4) is 0 Å². The highest BCUT2D eigenvalue weighted by Gasteiger charge is 2.20. The highest BCUT2D eigenvalue weighted by Crippen LogP contribution is 2.15. The molecular formula is C11H13NO4. The van der Waals surface area contributed by atoms with Crippen molar-refractivity contribution in [2.45, 2.75) is 26.7 Å². The molecule has 5 nitrogen and oxygen atoms in total. The van der Waals surface area contributed by atoms with Crippen molar-refractivity contribution in [2.75, 3.05) is 0 Å². The van der Waals surface area contributed by atoms with Crippen LogP contribution >= 0.6 is 0 Å². The average Bonchev–Trinajstić information content (AvgIpc) is 2.16. The van der Waals surface area contributed by atoms with Gasteiger partial charge in [-0.25, -0.2) is 9.59 Å². The first-order valence-corrected chi connectivity index (χ1v) is 4.94. The molecule has 1 aromatic rings. The van der Waals surface area contributed by atoms with E-state index in [1.807, 2.05) is 6.92 Å². The molecule has 0 radical (unpaired) electrons. The van der Waals surface area contributed by atoms with Crippen molar-refractivity contribution in [1.82, 2.24) is 4.98 Å². The Hall–Kier alpha value is -1.91. The largest absolute Gasteiger partial charge is 0.478 e. The van der Waals surface area contributed by atoms with Crippen molar-refractivity contribution in [2.24, 2.45) is 0 Å². The third-order valence-corrected chi connectivity index (χ3v) is 2.20. The van der Waals surface area contributed by atoms with E-state index in [2.05, 4.69) is 4.98 Å². The van der Waals surface area contributed by atoms with Gasteiger partial charge in [0.2, 0.25) is 0 Å². The van der Waals surface area contributed by atoms with E-state index in [1.165, 1.54) is 13.0 Å². The van der Waals surface area contributed by atoms with Gasteiger partial charge in [0.25, 0.3) is 0 Å². The second kappa shape index (κ2) is 4.74. The molecule has 0 aromatic carbocycles. The summed E-state index contributed by atoms with van der Waals surface area (Å²) in [6.45, 7) is 3.46. The molecule has 5 heteroatoms. The van der Waals surface area contributed by atoms with E-state index < -0.39 is 11.9 Å². The third kappa shape index (κ3) is 2.36. The van der Waals surface area contributed by atoms with Crippen LogP contribution in [0.4, 0.5) is 0 Å². The molecule has 1 aromatic heterocycles. The summed E-state index contributed by atoms with van der Waals surface area (Å²) in [4.78, 5) is 25.9. The zero-order valence-corrected chi connectivity index (χ0v) is 9.15. The SMILES string of the molecule is CCCc1cc(C(=O)O)c(C(=O)O)c(C)n1. The third-order valence-electron chi connectivity index (χ3n) is 2.20. The van der Waals surface area contributed by atoms with Crippen LogP contribution in [0, 0.1) is 6.92 Å². The summed E-state index contributed by atoms with van der Waals surface area (Å²) in [7, 11) is 0. The van der Waals surface area contributed by atoms with Gasteiger partial charge in [0.1, 0.15) is 0 Å². The highest BCUT2D eigenvalue weighted by atomic mass is 16.4. The summed E-state index contributed by atoms with van der Waals surface area (Å²) in [5.74, 6) is -2.49. The van der Waals surface area contributed by atoms with Gasteiger partial charge in [-0.05, 0) is 19.4 Å². The van der Waals surface area contributed by atoms with Gasteiger partial charge in [-0.1, -0.05) is 13.3 Å². The number of carbonyl (C=O) groups is 2. The van der Waals surface area contributed by atoms with Crippen molar-refractivity contribution >= 4 is 11.9 Å². The molecule has 16 heavy (non-hydrogen) atoms. The molecule has 2 N–H and O–H groups in total. The minimum atomic E-state index is -1.26. The number of hydrogen-bond acceptors (Lipinski definition) is 3. The maximum Gasteiger partial charge on any atom is 0.338 e. The van der Waals surface area contributed by atoms with Crippen LogP contribution in [0.5, 0.6) is 0 Å². The Morgan fingerprint density at radius 3 is 2.38 bits per heavy atom. The van der Waals surface area contributed by atoms with E-state index in [4.69, 9.17) is 10.2 Å². The maximum atomic E-state index is 10.9. The fourth-order valence-electron chi connectivity index (χ4n) is 1.56. The monoisotopic (exact) mass is 223 g/mol. The predicted octanol–water partition coefficient (Wildman–Crippen LogP) is 1.74. The number of carboxylic acids is 2. The fraction of sp³-hybridized carbons (Fsp3) is 0.364. The number of aryl methyl sites for hydroxylation is 2. The van der Waals surface area contributed by atoms with E-state index in [0.717, 1.165) is 6.42 Å². The lowest BCUT2D eigenvalue weighted by Crippen LogP contribution is -2.13. The predicted molar refractivity (Wildman–Crippen MR) is 56.9 cm³/mol. The molecule has 0 unspecified atom stereocenters. The smallest absolute Gasteiger partial charge is 0.338 e. The molecule has 0 saturated heterocycles. The van der Waals surface area contributed by atoms with Gasteiger partial charge in [0.15, 0.2) is 0 Å². The Bertz CT molecular complexity index is 440. The van der Waals surface area contributed by atoms with Gasteiger partial charge in [0, 0.05) is 5.69 Å². The quantitative estimate of drug-likeness (QED) is 0.811. The highest BCUT2D eigenvalue weighted by molar-refractivity contribution is 6.02. The van der Waals surface area contributed by atoms with Crippen molar-refractivity contribution < 1.29 is 19.8 Å². The molecule has 0 spiro atoms. The molecule has 0 fully saturated rings. The van der Waals surface area contributed by atoms with E-state index in [9.17, 15) is 9.59 Å². The van der Waals surface area contributed by atoms with Crippen LogP contribution in [0.25, 0.3) is 0 Å². The Morgan fingerprint density at radius 2 is 1.94 bits per heavy atom. The fourth-order valence-corrected chi connectivity index (χ4v) is 1.56. The lowest BCUT2D eigenvalue weighted by atomic mass is 10.0. The first kappa shape index (κ1) is 12.2. The summed E-state index contributed by atoms with van der Waals surface area (Å²) in [5, 5.41) is 17.9. The van der Waals surface area contributed by atoms with Crippen molar-refractivity contribution in [3.05, 3.63) is 28.6 Å². The van der Waals surface area contributed by atoms with E-state index in [-0.39, 0.29) is 16.8 Å². The van der Waals surface area contributed by atoms with E-state index in [1.54, 1.807) is 0 Å². The van der Waals surface area contributed by atoms with Gasteiger partial charge in [0.05, 0.1) is 16.8 Å². The summed E-state index contributed by atoms with van der Waals surface area (Å²) in [6, 6.07) is 1.34. The molecule has 0 aliphatic carbocycles. The van der Waals surface area contributed by atoms with Gasteiger partial charge >= 0.3 is 11.9 Å². The Morgan fingerprint density at radius 1 is 1.31 bits per heavy atom. The normalized spacial score (nSPS) is 10.1. The van der Waals surface area contributed by atoms with Crippen LogP contribution in [-0.4, -0.2) is 27.1 Å². The lowest BCUT2D eigenvalue weighted by Gasteiger charge is -2.07. The molecule has 0 aliphatic heterocycles. The molecule has 0 atom stereocenters. The van der Waals surface area contributed by atoms with Crippen molar-refractivity contribution in [3.63, 3.8) is 0 Å². The minimum absolute atomic E-state index is 0.191. The summed E-state index contributed by atoms with van der Waals surface area (Å²) in [6.07, 6.45) is 1.47. The van der Waals surface area contributed by atoms with Gasteiger partial charge < -0.3 is 10.2 Å². The number of carboxylic acid groups (broad SMARTS) is 2. The van der Waals surface area contributed by atoms with Crippen LogP contribution < -0.4 is 0 Å². The summed E-state index contributed by atoms with van der Waals surface area (Å²) in [5.41, 5.74) is 0.439. The summed E-state index contributed by atoms with van der Waals surface area (Å²) >= 11 is 0. The van der Waals surface area contributed by atoms with Gasteiger partial charge in [-0.3, -0.25) is 4.98 Å². The molecule has 0 bridgehead atoms. The molecule has 1 rings (SSSR count). The van der Waals surface area contributed by atoms with E-state index in [0.29, 0.717) is 12.1 Å². The molecular weight excluding hydrogens is 210 g/mol. The second-order valence-electron chi connectivity index (χ2n) is 3.48. The molecule has 0 saturated carbocycles. The first-order chi connectivity index (χ1) is 7.47. The van der Waals surface area contributed by atoms with Crippen LogP contribution in [-0.2, 0) is 6.42 Å².